The van der Waals surface area contributed by atoms with Gasteiger partial charge in [0, 0.05) is 5.39 Å². The van der Waals surface area contributed by atoms with E-state index in [-0.39, 0.29) is 5.56 Å². The summed E-state index contributed by atoms with van der Waals surface area (Å²) in [6.45, 7) is 1.86. The number of fused-ring (bicyclic) bond motifs is 1. The molecule has 0 bridgehead atoms. The van der Waals surface area contributed by atoms with Gasteiger partial charge in [0.1, 0.15) is 0 Å². The molecule has 0 fully saturated rings. The van der Waals surface area contributed by atoms with Crippen molar-refractivity contribution in [2.45, 2.75) is 6.92 Å². The van der Waals surface area contributed by atoms with Crippen LogP contribution in [0, 0.1) is 6.92 Å². The Morgan fingerprint density at radius 2 is 2.31 bits per heavy atom. The Balaban J connectivity index is 2.84. The van der Waals surface area contributed by atoms with E-state index in [1.807, 2.05) is 13.0 Å². The van der Waals surface area contributed by atoms with E-state index in [0.29, 0.717) is 5.52 Å². The van der Waals surface area contributed by atoms with E-state index >= 15 is 0 Å². The highest BCUT2D eigenvalue weighted by Gasteiger charge is 2.10. The van der Waals surface area contributed by atoms with Crippen LogP contribution < -0.4 is 0 Å². The molecule has 13 heavy (non-hydrogen) atoms. The number of aromatic carboxylic acids is 1. The molecule has 1 aromatic heterocycles. The predicted molar refractivity (Wildman–Crippen MR) is 47.8 cm³/mol. The number of aryl methyl sites for hydroxylation is 1. The normalized spacial score (nSPS) is 10.5. The molecule has 0 spiro atoms. The van der Waals surface area contributed by atoms with Gasteiger partial charge >= 0.3 is 5.97 Å². The van der Waals surface area contributed by atoms with Crippen molar-refractivity contribution in [2.24, 2.45) is 0 Å². The van der Waals surface area contributed by atoms with Crippen molar-refractivity contribution in [3.63, 3.8) is 0 Å². The number of carbonyl (C=O) groups is 1. The number of aromatic amines is 1. The molecule has 2 rings (SSSR count). The lowest BCUT2D eigenvalue weighted by molar-refractivity contribution is 0.0698. The number of benzene rings is 1. The summed E-state index contributed by atoms with van der Waals surface area (Å²) in [5.74, 6) is -0.932. The smallest absolute Gasteiger partial charge is 0.337 e. The first-order valence-corrected chi connectivity index (χ1v) is 3.85. The van der Waals surface area contributed by atoms with Crippen LogP contribution >= 0.6 is 0 Å². The summed E-state index contributed by atoms with van der Waals surface area (Å²) in [6, 6.07) is 3.52. The van der Waals surface area contributed by atoms with Crippen LogP contribution in [0.2, 0.25) is 0 Å². The summed E-state index contributed by atoms with van der Waals surface area (Å²) in [5, 5.41) is 16.2. The summed E-state index contributed by atoms with van der Waals surface area (Å²) >= 11 is 0. The fraction of sp³-hybridized carbons (Fsp3) is 0.111. The van der Waals surface area contributed by atoms with Crippen molar-refractivity contribution >= 4 is 16.9 Å². The average molecular weight is 176 g/mol. The number of rotatable bonds is 1. The van der Waals surface area contributed by atoms with Crippen LogP contribution in [-0.4, -0.2) is 21.3 Å². The fourth-order valence-corrected chi connectivity index (χ4v) is 1.38. The van der Waals surface area contributed by atoms with Crippen LogP contribution in [0.3, 0.4) is 0 Å². The number of hydrogen-bond acceptors (Lipinski definition) is 2. The number of nitrogens with zero attached hydrogens (tertiary/aromatic N) is 1. The zero-order valence-corrected chi connectivity index (χ0v) is 7.03. The van der Waals surface area contributed by atoms with Gasteiger partial charge in [0.2, 0.25) is 0 Å². The molecule has 0 aliphatic carbocycles. The molecule has 0 unspecified atom stereocenters. The number of hydrogen-bond donors (Lipinski definition) is 2. The van der Waals surface area contributed by atoms with E-state index in [0.717, 1.165) is 10.9 Å². The summed E-state index contributed by atoms with van der Waals surface area (Å²) in [7, 11) is 0. The van der Waals surface area contributed by atoms with Crippen molar-refractivity contribution in [2.75, 3.05) is 0 Å². The predicted octanol–water partition coefficient (Wildman–Crippen LogP) is 1.57. The first-order chi connectivity index (χ1) is 6.18. The van der Waals surface area contributed by atoms with Gasteiger partial charge in [-0.05, 0) is 24.6 Å². The van der Waals surface area contributed by atoms with E-state index in [2.05, 4.69) is 10.2 Å². The van der Waals surface area contributed by atoms with E-state index in [4.69, 9.17) is 5.11 Å². The Morgan fingerprint density at radius 1 is 1.54 bits per heavy atom. The molecule has 0 aliphatic heterocycles. The third kappa shape index (κ3) is 1.16. The van der Waals surface area contributed by atoms with Crippen molar-refractivity contribution in [3.05, 3.63) is 29.5 Å². The first kappa shape index (κ1) is 7.79. The standard InChI is InChI=1S/C9H8N2O2/c1-5-2-6-4-10-11-8(6)7(3-5)9(12)13/h2-4H,1H3,(H,10,11)(H,12,13). The highest BCUT2D eigenvalue weighted by molar-refractivity contribution is 6.01. The lowest BCUT2D eigenvalue weighted by Gasteiger charge is -1.98. The topological polar surface area (TPSA) is 66.0 Å². The minimum atomic E-state index is -0.932. The van der Waals surface area contributed by atoms with Crippen LogP contribution in [0.5, 0.6) is 0 Å². The Kier molecular flexibility index (Phi) is 1.55. The quantitative estimate of drug-likeness (QED) is 0.693. The largest absolute Gasteiger partial charge is 0.478 e. The number of carboxylic acid groups (broad SMARTS) is 1. The van der Waals surface area contributed by atoms with Gasteiger partial charge in [0.05, 0.1) is 17.3 Å². The van der Waals surface area contributed by atoms with Crippen molar-refractivity contribution in [1.29, 1.82) is 0 Å². The van der Waals surface area contributed by atoms with Gasteiger partial charge in [-0.2, -0.15) is 5.10 Å². The maximum Gasteiger partial charge on any atom is 0.337 e. The Morgan fingerprint density at radius 3 is 3.00 bits per heavy atom. The second kappa shape index (κ2) is 2.58. The van der Waals surface area contributed by atoms with Gasteiger partial charge in [-0.15, -0.1) is 0 Å². The maximum absolute atomic E-state index is 10.8. The third-order valence-electron chi connectivity index (χ3n) is 1.92. The van der Waals surface area contributed by atoms with Crippen LogP contribution in [0.25, 0.3) is 10.9 Å². The van der Waals surface area contributed by atoms with Gasteiger partial charge in [0.15, 0.2) is 0 Å². The van der Waals surface area contributed by atoms with E-state index in [1.54, 1.807) is 12.3 Å². The van der Waals surface area contributed by atoms with Gasteiger partial charge in [-0.3, -0.25) is 5.10 Å². The van der Waals surface area contributed by atoms with Gasteiger partial charge in [-0.1, -0.05) is 0 Å². The number of carboxylic acids is 1. The molecule has 66 valence electrons. The molecule has 0 atom stereocenters. The Hall–Kier alpha value is -1.84. The van der Waals surface area contributed by atoms with E-state index in [9.17, 15) is 4.79 Å². The highest BCUT2D eigenvalue weighted by Crippen LogP contribution is 2.18. The molecule has 4 heteroatoms. The summed E-state index contributed by atoms with van der Waals surface area (Å²) in [5.41, 5.74) is 1.77. The van der Waals surface area contributed by atoms with E-state index in [1.165, 1.54) is 0 Å². The van der Waals surface area contributed by atoms with Crippen LogP contribution in [0.4, 0.5) is 0 Å². The Labute approximate surface area is 74.2 Å². The number of aromatic nitrogens is 2. The Bertz CT molecular complexity index is 473. The molecule has 0 amide bonds. The molecular weight excluding hydrogens is 168 g/mol. The second-order valence-electron chi connectivity index (χ2n) is 2.95. The molecule has 0 radical (unpaired) electrons. The molecule has 2 N–H and O–H groups in total. The van der Waals surface area contributed by atoms with Crippen LogP contribution in [0.1, 0.15) is 15.9 Å². The molecule has 0 saturated carbocycles. The minimum Gasteiger partial charge on any atom is -0.478 e. The second-order valence-corrected chi connectivity index (χ2v) is 2.95. The number of H-pyrrole nitrogens is 1. The lowest BCUT2D eigenvalue weighted by Crippen LogP contribution is -1.98. The zero-order chi connectivity index (χ0) is 9.42. The van der Waals surface area contributed by atoms with Gasteiger partial charge in [0.25, 0.3) is 0 Å². The SMILES string of the molecule is Cc1cc(C(=O)O)c2[nH]ncc2c1. The lowest BCUT2D eigenvalue weighted by atomic mass is 10.1. The highest BCUT2D eigenvalue weighted by atomic mass is 16.4. The summed E-state index contributed by atoms with van der Waals surface area (Å²) < 4.78 is 0. The molecule has 1 aromatic carbocycles. The van der Waals surface area contributed by atoms with Crippen LogP contribution in [0.15, 0.2) is 18.3 Å². The van der Waals surface area contributed by atoms with Gasteiger partial charge < -0.3 is 5.11 Å². The monoisotopic (exact) mass is 176 g/mol. The molecule has 0 aliphatic rings. The minimum absolute atomic E-state index is 0.271. The molecule has 1 heterocycles. The number of nitrogens with one attached hydrogen (secondary N) is 1. The maximum atomic E-state index is 10.8. The molecular formula is C9H8N2O2. The van der Waals surface area contributed by atoms with E-state index < -0.39 is 5.97 Å². The zero-order valence-electron chi connectivity index (χ0n) is 7.03. The third-order valence-corrected chi connectivity index (χ3v) is 1.92. The van der Waals surface area contributed by atoms with Crippen molar-refractivity contribution < 1.29 is 9.90 Å². The molecule has 0 saturated heterocycles. The molecule has 4 nitrogen and oxygen atoms in total. The fourth-order valence-electron chi connectivity index (χ4n) is 1.38. The average Bonchev–Trinajstić information content (AvgIpc) is 2.49. The summed E-state index contributed by atoms with van der Waals surface area (Å²) in [6.07, 6.45) is 1.62. The molecule has 2 aromatic rings. The summed E-state index contributed by atoms with van der Waals surface area (Å²) in [4.78, 5) is 10.8. The van der Waals surface area contributed by atoms with Crippen LogP contribution in [-0.2, 0) is 0 Å². The van der Waals surface area contributed by atoms with Gasteiger partial charge in [-0.25, -0.2) is 4.79 Å². The first-order valence-electron chi connectivity index (χ1n) is 3.85. The van der Waals surface area contributed by atoms with Crippen molar-refractivity contribution in [1.82, 2.24) is 10.2 Å². The van der Waals surface area contributed by atoms with Crippen molar-refractivity contribution in [3.8, 4) is 0 Å².